The van der Waals surface area contributed by atoms with E-state index in [1.54, 1.807) is 22.8 Å². The Morgan fingerprint density at radius 3 is 2.26 bits per heavy atom. The molecule has 0 bridgehead atoms. The molecule has 2 aromatic rings. The Kier molecular flexibility index (Phi) is 9.60. The number of carbonyl (C=O) groups excluding carboxylic acids is 3. The second-order valence-electron chi connectivity index (χ2n) is 11.6. The number of piperidine rings is 1. The van der Waals surface area contributed by atoms with E-state index in [0.29, 0.717) is 73.7 Å². The van der Waals surface area contributed by atoms with Crippen molar-refractivity contribution in [2.75, 3.05) is 57.3 Å². The minimum Gasteiger partial charge on any atom is -0.446 e. The molecule has 5 rings (SSSR count). The topological polar surface area (TPSA) is 73.4 Å². The van der Waals surface area contributed by atoms with Crippen LogP contribution in [0.15, 0.2) is 36.4 Å². The second kappa shape index (κ2) is 13.2. The molecule has 3 heterocycles. The summed E-state index contributed by atoms with van der Waals surface area (Å²) in [6.07, 6.45) is 1.36. The Hall–Kier alpha value is -2.88. The number of ether oxygens (including phenoxy) is 1. The molecule has 11 heteroatoms. The molecule has 2 aromatic carbocycles. The lowest BCUT2D eigenvalue weighted by molar-refractivity contribution is -0.130. The molecule has 0 saturated carbocycles. The van der Waals surface area contributed by atoms with Crippen LogP contribution in [0.25, 0.3) is 0 Å². The standard InChI is InChI=1S/C31H37Cl2FN4O4/c1-20-4-6-25(15-28(20)32)38(31(41)42-26-8-12-36(13-9-26)21(2)39)11-3-10-35-16-22-18-37(19-23(22)17-35)30(40)27-7-5-24(34)14-29(27)33/h4-7,14-15,22-23,26H,3,8-13,16-19H2,1-2H3. The lowest BCUT2D eigenvalue weighted by atomic mass is 10.0. The first kappa shape index (κ1) is 30.6. The summed E-state index contributed by atoms with van der Waals surface area (Å²) in [6.45, 7) is 8.99. The summed E-state index contributed by atoms with van der Waals surface area (Å²) in [6, 6.07) is 9.48. The van der Waals surface area contributed by atoms with Crippen LogP contribution in [0.5, 0.6) is 0 Å². The number of nitrogens with zero attached hydrogens (tertiary/aromatic N) is 4. The van der Waals surface area contributed by atoms with Crippen molar-refractivity contribution in [1.82, 2.24) is 14.7 Å². The zero-order valence-electron chi connectivity index (χ0n) is 24.0. The summed E-state index contributed by atoms with van der Waals surface area (Å²) in [4.78, 5) is 45.7. The van der Waals surface area contributed by atoms with Crippen LogP contribution in [0.1, 0.15) is 42.1 Å². The first-order valence-corrected chi connectivity index (χ1v) is 15.3. The summed E-state index contributed by atoms with van der Waals surface area (Å²) in [5, 5.41) is 0.728. The average molecular weight is 620 g/mol. The van der Waals surface area contributed by atoms with Crippen LogP contribution < -0.4 is 4.90 Å². The van der Waals surface area contributed by atoms with E-state index in [2.05, 4.69) is 4.90 Å². The van der Waals surface area contributed by atoms with E-state index in [9.17, 15) is 18.8 Å². The molecule has 8 nitrogen and oxygen atoms in total. The Morgan fingerprint density at radius 2 is 1.64 bits per heavy atom. The van der Waals surface area contributed by atoms with Crippen molar-refractivity contribution in [3.8, 4) is 0 Å². The highest BCUT2D eigenvalue weighted by Gasteiger charge is 2.41. The molecule has 2 atom stereocenters. The number of hydrogen-bond donors (Lipinski definition) is 0. The van der Waals surface area contributed by atoms with Gasteiger partial charge in [-0.2, -0.15) is 0 Å². The maximum absolute atomic E-state index is 13.4. The average Bonchev–Trinajstić information content (AvgIpc) is 3.52. The van der Waals surface area contributed by atoms with Gasteiger partial charge in [-0.25, -0.2) is 9.18 Å². The van der Waals surface area contributed by atoms with Crippen LogP contribution in [-0.4, -0.2) is 91.1 Å². The van der Waals surface area contributed by atoms with Crippen LogP contribution in [0.3, 0.4) is 0 Å². The van der Waals surface area contributed by atoms with Gasteiger partial charge in [0.05, 0.1) is 10.6 Å². The third-order valence-electron chi connectivity index (χ3n) is 8.71. The third kappa shape index (κ3) is 7.01. The van der Waals surface area contributed by atoms with Gasteiger partial charge >= 0.3 is 6.09 Å². The molecule has 0 radical (unpaired) electrons. The van der Waals surface area contributed by atoms with Crippen LogP contribution >= 0.6 is 23.2 Å². The SMILES string of the molecule is CC(=O)N1CCC(OC(=O)N(CCCN2CC3CN(C(=O)c4ccc(F)cc4Cl)CC3C2)c2ccc(C)c(Cl)c2)CC1. The normalized spacial score (nSPS) is 21.0. The highest BCUT2D eigenvalue weighted by molar-refractivity contribution is 6.33. The largest absolute Gasteiger partial charge is 0.446 e. The van der Waals surface area contributed by atoms with Gasteiger partial charge in [0.2, 0.25) is 5.91 Å². The van der Waals surface area contributed by atoms with Crippen molar-refractivity contribution in [3.63, 3.8) is 0 Å². The number of likely N-dealkylation sites (tertiary alicyclic amines) is 3. The zero-order chi connectivity index (χ0) is 30.0. The van der Waals surface area contributed by atoms with Crippen molar-refractivity contribution in [3.05, 3.63) is 63.4 Å². The first-order chi connectivity index (χ1) is 20.1. The molecule has 226 valence electrons. The Bertz CT molecular complexity index is 1320. The molecule has 3 aliphatic rings. The summed E-state index contributed by atoms with van der Waals surface area (Å²) >= 11 is 12.5. The van der Waals surface area contributed by atoms with Gasteiger partial charge < -0.3 is 19.4 Å². The van der Waals surface area contributed by atoms with E-state index in [-0.39, 0.29) is 22.9 Å². The smallest absolute Gasteiger partial charge is 0.414 e. The number of hydrogen-bond acceptors (Lipinski definition) is 5. The summed E-state index contributed by atoms with van der Waals surface area (Å²) < 4.78 is 19.3. The maximum Gasteiger partial charge on any atom is 0.414 e. The number of benzene rings is 2. The molecule has 0 aromatic heterocycles. The predicted molar refractivity (Wildman–Crippen MR) is 161 cm³/mol. The number of fused-ring (bicyclic) bond motifs is 1. The molecule has 2 unspecified atom stereocenters. The van der Waals surface area contributed by atoms with Gasteiger partial charge in [-0.05, 0) is 67.6 Å². The summed E-state index contributed by atoms with van der Waals surface area (Å²) in [5.41, 5.74) is 1.97. The van der Waals surface area contributed by atoms with Gasteiger partial charge in [0.25, 0.3) is 5.91 Å². The van der Waals surface area contributed by atoms with Gasteiger partial charge in [-0.3, -0.25) is 14.5 Å². The highest BCUT2D eigenvalue weighted by Crippen LogP contribution is 2.33. The van der Waals surface area contributed by atoms with Gasteiger partial charge in [-0.15, -0.1) is 0 Å². The molecule has 3 amide bonds. The molecule has 0 N–H and O–H groups in total. The number of rotatable bonds is 7. The highest BCUT2D eigenvalue weighted by atomic mass is 35.5. The van der Waals surface area contributed by atoms with Gasteiger partial charge in [0.15, 0.2) is 0 Å². The fourth-order valence-electron chi connectivity index (χ4n) is 6.29. The van der Waals surface area contributed by atoms with E-state index >= 15 is 0 Å². The molecular formula is C31H37Cl2FN4O4. The van der Waals surface area contributed by atoms with Crippen LogP contribution in [0.4, 0.5) is 14.9 Å². The van der Waals surface area contributed by atoms with Crippen LogP contribution in [0.2, 0.25) is 10.0 Å². The van der Waals surface area contributed by atoms with Crippen molar-refractivity contribution >= 4 is 46.8 Å². The Labute approximate surface area is 256 Å². The molecule has 3 saturated heterocycles. The van der Waals surface area contributed by atoms with Gasteiger partial charge in [-0.1, -0.05) is 29.3 Å². The molecule has 3 aliphatic heterocycles. The number of halogens is 3. The summed E-state index contributed by atoms with van der Waals surface area (Å²) in [5.74, 6) is 0.159. The first-order valence-electron chi connectivity index (χ1n) is 14.6. The van der Waals surface area contributed by atoms with Crippen molar-refractivity contribution in [2.24, 2.45) is 11.8 Å². The second-order valence-corrected chi connectivity index (χ2v) is 12.5. The number of anilines is 1. The monoisotopic (exact) mass is 618 g/mol. The van der Waals surface area contributed by atoms with E-state index in [1.807, 2.05) is 24.0 Å². The molecule has 42 heavy (non-hydrogen) atoms. The van der Waals surface area contributed by atoms with E-state index in [0.717, 1.165) is 31.6 Å². The molecule has 3 fully saturated rings. The third-order valence-corrected chi connectivity index (χ3v) is 9.43. The quantitative estimate of drug-likeness (QED) is 0.410. The Balaban J connectivity index is 1.14. The van der Waals surface area contributed by atoms with Gasteiger partial charge in [0.1, 0.15) is 11.9 Å². The van der Waals surface area contributed by atoms with Crippen molar-refractivity contribution in [1.29, 1.82) is 0 Å². The minimum atomic E-state index is -0.460. The van der Waals surface area contributed by atoms with Gasteiger partial charge in [0, 0.05) is 76.3 Å². The van der Waals surface area contributed by atoms with E-state index < -0.39 is 11.9 Å². The van der Waals surface area contributed by atoms with Crippen LogP contribution in [0, 0.1) is 24.6 Å². The fourth-order valence-corrected chi connectivity index (χ4v) is 6.72. The van der Waals surface area contributed by atoms with Crippen molar-refractivity contribution in [2.45, 2.75) is 39.2 Å². The zero-order valence-corrected chi connectivity index (χ0v) is 25.5. The van der Waals surface area contributed by atoms with E-state index in [4.69, 9.17) is 27.9 Å². The number of aryl methyl sites for hydroxylation is 1. The lowest BCUT2D eigenvalue weighted by Crippen LogP contribution is -2.43. The minimum absolute atomic E-state index is 0.0401. The Morgan fingerprint density at radius 1 is 0.952 bits per heavy atom. The fraction of sp³-hybridized carbons (Fsp3) is 0.516. The van der Waals surface area contributed by atoms with E-state index in [1.165, 1.54) is 18.2 Å². The lowest BCUT2D eigenvalue weighted by Gasteiger charge is -2.32. The maximum atomic E-state index is 13.4. The summed E-state index contributed by atoms with van der Waals surface area (Å²) in [7, 11) is 0. The van der Waals surface area contributed by atoms with Crippen LogP contribution in [-0.2, 0) is 9.53 Å². The predicted octanol–water partition coefficient (Wildman–Crippen LogP) is 5.49. The molecule has 0 aliphatic carbocycles. The van der Waals surface area contributed by atoms with Crippen molar-refractivity contribution < 1.29 is 23.5 Å². The molecular weight excluding hydrogens is 582 g/mol. The number of carbonyl (C=O) groups is 3. The molecule has 0 spiro atoms. The number of amides is 3.